The Labute approximate surface area is 98.7 Å². The minimum atomic E-state index is -2.98. The van der Waals surface area contributed by atoms with Crippen LogP contribution in [0, 0.1) is 17.8 Å². The summed E-state index contributed by atoms with van der Waals surface area (Å²) in [6.07, 6.45) is 7.57. The molecule has 5 unspecified atom stereocenters. The van der Waals surface area contributed by atoms with Crippen LogP contribution in [0.4, 0.5) is 0 Å². The van der Waals surface area contributed by atoms with Crippen molar-refractivity contribution in [2.75, 3.05) is 6.26 Å². The van der Waals surface area contributed by atoms with Crippen LogP contribution in [0.1, 0.15) is 39.0 Å². The number of hydrogen-bond acceptors (Lipinski definition) is 3. The molecule has 0 spiro atoms. The van der Waals surface area contributed by atoms with E-state index in [1.165, 1.54) is 31.9 Å². The normalized spacial score (nSPS) is 37.6. The Morgan fingerprint density at radius 2 is 2.00 bits per heavy atom. The molecule has 4 heteroatoms. The summed E-state index contributed by atoms with van der Waals surface area (Å²) in [5, 5.41) is -0.397. The molecule has 2 aliphatic rings. The molecule has 94 valence electrons. The fourth-order valence-electron chi connectivity index (χ4n) is 3.52. The standard InChI is InChI=1S/C12H23NO2S/c1-8(16(2,14)15)12(13)7-11-6-9-3-4-10(11)5-9/h8-12H,3-7,13H2,1-2H3. The van der Waals surface area contributed by atoms with Crippen molar-refractivity contribution in [2.24, 2.45) is 23.5 Å². The van der Waals surface area contributed by atoms with E-state index >= 15 is 0 Å². The van der Waals surface area contributed by atoms with Crippen molar-refractivity contribution in [2.45, 2.75) is 50.3 Å². The maximum absolute atomic E-state index is 11.4. The van der Waals surface area contributed by atoms with Gasteiger partial charge in [0.15, 0.2) is 9.84 Å². The second-order valence-corrected chi connectivity index (χ2v) is 8.27. The van der Waals surface area contributed by atoms with Crippen molar-refractivity contribution in [1.29, 1.82) is 0 Å². The quantitative estimate of drug-likeness (QED) is 0.818. The summed E-state index contributed by atoms with van der Waals surface area (Å²) in [5.74, 6) is 2.44. The number of hydrogen-bond donors (Lipinski definition) is 1. The summed E-state index contributed by atoms with van der Waals surface area (Å²) < 4.78 is 22.9. The summed E-state index contributed by atoms with van der Waals surface area (Å²) in [6.45, 7) is 1.74. The van der Waals surface area contributed by atoms with Crippen molar-refractivity contribution >= 4 is 9.84 Å². The van der Waals surface area contributed by atoms with Crippen molar-refractivity contribution < 1.29 is 8.42 Å². The Balaban J connectivity index is 1.90. The molecule has 2 fully saturated rings. The Morgan fingerprint density at radius 1 is 1.31 bits per heavy atom. The van der Waals surface area contributed by atoms with Crippen molar-refractivity contribution in [3.05, 3.63) is 0 Å². The maximum Gasteiger partial charge on any atom is 0.151 e. The van der Waals surface area contributed by atoms with Crippen LogP contribution in [0.5, 0.6) is 0 Å². The van der Waals surface area contributed by atoms with E-state index in [0.717, 1.165) is 18.3 Å². The fraction of sp³-hybridized carbons (Fsp3) is 1.00. The summed E-state index contributed by atoms with van der Waals surface area (Å²) in [4.78, 5) is 0. The number of rotatable bonds is 4. The van der Waals surface area contributed by atoms with Gasteiger partial charge in [-0.25, -0.2) is 8.42 Å². The van der Waals surface area contributed by atoms with Crippen LogP contribution in [0.2, 0.25) is 0 Å². The second kappa shape index (κ2) is 4.30. The largest absolute Gasteiger partial charge is 0.327 e. The summed E-state index contributed by atoms with van der Waals surface area (Å²) in [5.41, 5.74) is 6.04. The SMILES string of the molecule is CC(C(N)CC1CC2CCC1C2)S(C)(=O)=O. The molecule has 0 radical (unpaired) electrons. The van der Waals surface area contributed by atoms with E-state index in [4.69, 9.17) is 5.73 Å². The summed E-state index contributed by atoms with van der Waals surface area (Å²) >= 11 is 0. The molecule has 2 saturated carbocycles. The van der Waals surface area contributed by atoms with Crippen LogP contribution in [-0.4, -0.2) is 26.0 Å². The molecule has 0 aromatic carbocycles. The van der Waals surface area contributed by atoms with Gasteiger partial charge in [-0.05, 0) is 50.4 Å². The van der Waals surface area contributed by atoms with Gasteiger partial charge in [-0.15, -0.1) is 0 Å². The van der Waals surface area contributed by atoms with Gasteiger partial charge >= 0.3 is 0 Å². The topological polar surface area (TPSA) is 60.2 Å². The van der Waals surface area contributed by atoms with Gasteiger partial charge in [-0.2, -0.15) is 0 Å². The summed E-state index contributed by atoms with van der Waals surface area (Å²) in [7, 11) is -2.98. The Kier molecular flexibility index (Phi) is 3.32. The predicted octanol–water partition coefficient (Wildman–Crippen LogP) is 1.57. The number of sulfone groups is 1. The maximum atomic E-state index is 11.4. The van der Waals surface area contributed by atoms with E-state index < -0.39 is 15.1 Å². The van der Waals surface area contributed by atoms with Crippen LogP contribution in [0.3, 0.4) is 0 Å². The van der Waals surface area contributed by atoms with Gasteiger partial charge in [0.05, 0.1) is 5.25 Å². The molecule has 0 aromatic heterocycles. The Morgan fingerprint density at radius 3 is 2.44 bits per heavy atom. The lowest BCUT2D eigenvalue weighted by atomic mass is 9.84. The van der Waals surface area contributed by atoms with E-state index in [1.807, 2.05) is 0 Å². The molecular formula is C12H23NO2S. The van der Waals surface area contributed by atoms with E-state index in [0.29, 0.717) is 5.92 Å². The molecule has 2 rings (SSSR count). The zero-order chi connectivity index (χ0) is 11.9. The summed E-state index contributed by atoms with van der Waals surface area (Å²) in [6, 6.07) is -0.181. The van der Waals surface area contributed by atoms with Crippen LogP contribution in [0.15, 0.2) is 0 Å². The van der Waals surface area contributed by atoms with Gasteiger partial charge in [0.1, 0.15) is 0 Å². The first-order chi connectivity index (χ1) is 7.38. The third kappa shape index (κ3) is 2.43. The Bertz CT molecular complexity index is 352. The highest BCUT2D eigenvalue weighted by Crippen LogP contribution is 2.49. The highest BCUT2D eigenvalue weighted by atomic mass is 32.2. The zero-order valence-electron chi connectivity index (χ0n) is 10.2. The zero-order valence-corrected chi connectivity index (χ0v) is 11.0. The predicted molar refractivity (Wildman–Crippen MR) is 65.8 cm³/mol. The minimum absolute atomic E-state index is 0.181. The highest BCUT2D eigenvalue weighted by Gasteiger charge is 2.40. The van der Waals surface area contributed by atoms with Crippen LogP contribution in [0.25, 0.3) is 0 Å². The van der Waals surface area contributed by atoms with E-state index in [2.05, 4.69) is 0 Å². The lowest BCUT2D eigenvalue weighted by Gasteiger charge is -2.27. The van der Waals surface area contributed by atoms with Gasteiger partial charge < -0.3 is 5.73 Å². The van der Waals surface area contributed by atoms with E-state index in [9.17, 15) is 8.42 Å². The molecule has 16 heavy (non-hydrogen) atoms. The molecule has 0 saturated heterocycles. The molecule has 0 amide bonds. The van der Waals surface area contributed by atoms with E-state index in [-0.39, 0.29) is 6.04 Å². The molecule has 5 atom stereocenters. The minimum Gasteiger partial charge on any atom is -0.327 e. The number of nitrogens with two attached hydrogens (primary N) is 1. The van der Waals surface area contributed by atoms with Gasteiger partial charge in [0.25, 0.3) is 0 Å². The Hall–Kier alpha value is -0.0900. The van der Waals surface area contributed by atoms with Gasteiger partial charge in [0.2, 0.25) is 0 Å². The van der Waals surface area contributed by atoms with Gasteiger partial charge in [-0.1, -0.05) is 6.42 Å². The molecular weight excluding hydrogens is 222 g/mol. The highest BCUT2D eigenvalue weighted by molar-refractivity contribution is 7.91. The first-order valence-electron chi connectivity index (χ1n) is 6.32. The van der Waals surface area contributed by atoms with E-state index in [1.54, 1.807) is 6.92 Å². The average molecular weight is 245 g/mol. The third-order valence-corrected chi connectivity index (χ3v) is 6.44. The molecule has 2 aliphatic carbocycles. The van der Waals surface area contributed by atoms with Crippen LogP contribution < -0.4 is 5.73 Å². The molecule has 3 nitrogen and oxygen atoms in total. The second-order valence-electron chi connectivity index (χ2n) is 5.87. The van der Waals surface area contributed by atoms with Crippen molar-refractivity contribution in [3.63, 3.8) is 0 Å². The average Bonchev–Trinajstić information content (AvgIpc) is 2.76. The third-order valence-electron chi connectivity index (χ3n) is 4.74. The molecule has 0 aliphatic heterocycles. The molecule has 2 N–H and O–H groups in total. The molecule has 0 aromatic rings. The van der Waals surface area contributed by atoms with Crippen LogP contribution >= 0.6 is 0 Å². The first-order valence-corrected chi connectivity index (χ1v) is 8.28. The lowest BCUT2D eigenvalue weighted by Crippen LogP contribution is -2.40. The smallest absolute Gasteiger partial charge is 0.151 e. The van der Waals surface area contributed by atoms with Crippen molar-refractivity contribution in [3.8, 4) is 0 Å². The lowest BCUT2D eigenvalue weighted by molar-refractivity contribution is 0.293. The molecule has 2 bridgehead atoms. The van der Waals surface area contributed by atoms with Crippen LogP contribution in [-0.2, 0) is 9.84 Å². The molecule has 0 heterocycles. The van der Waals surface area contributed by atoms with Gasteiger partial charge in [-0.3, -0.25) is 0 Å². The van der Waals surface area contributed by atoms with Crippen molar-refractivity contribution in [1.82, 2.24) is 0 Å². The van der Waals surface area contributed by atoms with Gasteiger partial charge in [0, 0.05) is 12.3 Å². The monoisotopic (exact) mass is 245 g/mol. The fourth-order valence-corrected chi connectivity index (χ4v) is 4.27. The number of fused-ring (bicyclic) bond motifs is 2. The first kappa shape index (κ1) is 12.4.